The van der Waals surface area contributed by atoms with E-state index < -0.39 is 11.7 Å². The molecule has 0 spiro atoms. The lowest BCUT2D eigenvalue weighted by atomic mass is 10.0. The summed E-state index contributed by atoms with van der Waals surface area (Å²) in [7, 11) is 0. The molecule has 0 fully saturated rings. The van der Waals surface area contributed by atoms with Crippen molar-refractivity contribution in [3.63, 3.8) is 0 Å². The number of aryl methyl sites for hydroxylation is 1. The third kappa shape index (κ3) is 3.28. The molecule has 1 aliphatic heterocycles. The second kappa shape index (κ2) is 7.00. The van der Waals surface area contributed by atoms with E-state index in [1.54, 1.807) is 6.07 Å². The van der Waals surface area contributed by atoms with Crippen LogP contribution in [-0.4, -0.2) is 16.3 Å². The molecular formula is C22H22F3N3. The number of anilines is 1. The Kier molecular flexibility index (Phi) is 4.65. The Hall–Kier alpha value is -2.76. The van der Waals surface area contributed by atoms with Crippen molar-refractivity contribution in [3.05, 3.63) is 64.7 Å². The molecule has 0 amide bonds. The number of fused-ring (bicyclic) bond motifs is 1. The van der Waals surface area contributed by atoms with E-state index in [2.05, 4.69) is 5.32 Å². The van der Waals surface area contributed by atoms with Crippen molar-refractivity contribution in [1.82, 2.24) is 9.78 Å². The molecular weight excluding hydrogens is 363 g/mol. The van der Waals surface area contributed by atoms with Crippen LogP contribution >= 0.6 is 0 Å². The molecule has 0 aliphatic carbocycles. The zero-order valence-corrected chi connectivity index (χ0v) is 15.9. The van der Waals surface area contributed by atoms with E-state index in [-0.39, 0.29) is 0 Å². The highest BCUT2D eigenvalue weighted by molar-refractivity contribution is 5.72. The van der Waals surface area contributed by atoms with Gasteiger partial charge in [0, 0.05) is 17.7 Å². The molecule has 2 aromatic carbocycles. The number of alkyl halides is 3. The maximum atomic E-state index is 13.2. The van der Waals surface area contributed by atoms with Crippen LogP contribution in [-0.2, 0) is 12.6 Å². The lowest BCUT2D eigenvalue weighted by molar-refractivity contribution is -0.137. The third-order valence-electron chi connectivity index (χ3n) is 5.40. The molecule has 0 saturated heterocycles. The van der Waals surface area contributed by atoms with Gasteiger partial charge in [-0.3, -0.25) is 0 Å². The second-order valence-corrected chi connectivity index (χ2v) is 7.27. The number of benzene rings is 2. The van der Waals surface area contributed by atoms with Crippen molar-refractivity contribution in [1.29, 1.82) is 0 Å². The molecule has 1 N–H and O–H groups in total. The van der Waals surface area contributed by atoms with E-state index in [4.69, 9.17) is 5.10 Å². The predicted molar refractivity (Wildman–Crippen MR) is 105 cm³/mol. The maximum Gasteiger partial charge on any atom is 0.416 e. The highest BCUT2D eigenvalue weighted by Crippen LogP contribution is 2.37. The average Bonchev–Trinajstić information content (AvgIpc) is 2.84. The molecule has 0 saturated carbocycles. The minimum atomic E-state index is -4.37. The summed E-state index contributed by atoms with van der Waals surface area (Å²) in [5.41, 5.74) is 4.66. The average molecular weight is 385 g/mol. The van der Waals surface area contributed by atoms with E-state index in [1.807, 2.05) is 36.7 Å². The molecule has 0 radical (unpaired) electrons. The van der Waals surface area contributed by atoms with Crippen LogP contribution in [0.3, 0.4) is 0 Å². The van der Waals surface area contributed by atoms with Crippen molar-refractivity contribution in [2.75, 3.05) is 11.9 Å². The van der Waals surface area contributed by atoms with Gasteiger partial charge in [0.1, 0.15) is 5.82 Å². The Bertz CT molecular complexity index is 1020. The second-order valence-electron chi connectivity index (χ2n) is 7.27. The van der Waals surface area contributed by atoms with Crippen molar-refractivity contribution in [2.24, 2.45) is 0 Å². The zero-order valence-electron chi connectivity index (χ0n) is 15.9. The van der Waals surface area contributed by atoms with Gasteiger partial charge in [-0.1, -0.05) is 24.3 Å². The first-order valence-corrected chi connectivity index (χ1v) is 9.46. The molecule has 3 nitrogen and oxygen atoms in total. The Morgan fingerprint density at radius 3 is 2.61 bits per heavy atom. The van der Waals surface area contributed by atoms with Crippen molar-refractivity contribution >= 4 is 5.82 Å². The summed E-state index contributed by atoms with van der Waals surface area (Å²) in [6.07, 6.45) is -1.59. The molecule has 3 aromatic rings. The summed E-state index contributed by atoms with van der Waals surface area (Å²) in [4.78, 5) is 0. The van der Waals surface area contributed by atoms with Crippen LogP contribution in [0.1, 0.15) is 35.1 Å². The van der Waals surface area contributed by atoms with Crippen LogP contribution < -0.4 is 5.32 Å². The molecule has 0 bridgehead atoms. The smallest absolute Gasteiger partial charge is 0.370 e. The largest absolute Gasteiger partial charge is 0.416 e. The molecule has 6 heteroatoms. The van der Waals surface area contributed by atoms with Crippen LogP contribution in [0.4, 0.5) is 19.0 Å². The number of aromatic nitrogens is 2. The summed E-state index contributed by atoms with van der Waals surface area (Å²) in [5.74, 6) is 0.888. The fourth-order valence-electron chi connectivity index (χ4n) is 3.72. The standard InChI is InChI=1S/C22H22F3N3/c1-14-7-5-11-19(15(14)2)28-21-18(10-3-4-12-26-21)20(27-28)16-8-6-9-17(13-16)22(23,24)25/h5-9,11,13,26H,3-4,10,12H2,1-2H3. The quantitative estimate of drug-likeness (QED) is 0.593. The summed E-state index contributed by atoms with van der Waals surface area (Å²) in [6.45, 7) is 4.91. The van der Waals surface area contributed by atoms with Gasteiger partial charge in [-0.2, -0.15) is 18.3 Å². The fourth-order valence-corrected chi connectivity index (χ4v) is 3.72. The molecule has 0 atom stereocenters. The van der Waals surface area contributed by atoms with Gasteiger partial charge in [0.15, 0.2) is 0 Å². The minimum absolute atomic E-state index is 0.499. The highest BCUT2D eigenvalue weighted by atomic mass is 19.4. The van der Waals surface area contributed by atoms with Gasteiger partial charge in [0.25, 0.3) is 0 Å². The fraction of sp³-hybridized carbons (Fsp3) is 0.318. The lowest BCUT2D eigenvalue weighted by Gasteiger charge is -2.13. The number of hydrogen-bond acceptors (Lipinski definition) is 2. The summed E-state index contributed by atoms with van der Waals surface area (Å²) < 4.78 is 41.5. The first-order valence-electron chi connectivity index (χ1n) is 9.46. The molecule has 1 aromatic heterocycles. The van der Waals surface area contributed by atoms with Crippen molar-refractivity contribution < 1.29 is 13.2 Å². The molecule has 0 unspecified atom stereocenters. The van der Waals surface area contributed by atoms with Crippen LogP contribution in [0.2, 0.25) is 0 Å². The molecule has 4 rings (SSSR count). The SMILES string of the molecule is Cc1cccc(-n2nc(-c3cccc(C(F)(F)F)c3)c3c2NCCCC3)c1C. The van der Waals surface area contributed by atoms with Crippen LogP contribution in [0, 0.1) is 13.8 Å². The molecule has 146 valence electrons. The van der Waals surface area contributed by atoms with Crippen LogP contribution in [0.25, 0.3) is 16.9 Å². The van der Waals surface area contributed by atoms with E-state index in [0.717, 1.165) is 60.1 Å². The van der Waals surface area contributed by atoms with Crippen molar-refractivity contribution in [2.45, 2.75) is 39.3 Å². The van der Waals surface area contributed by atoms with Crippen molar-refractivity contribution in [3.8, 4) is 16.9 Å². The zero-order chi connectivity index (χ0) is 19.9. The number of nitrogens with zero attached hydrogens (tertiary/aromatic N) is 2. The van der Waals surface area contributed by atoms with Gasteiger partial charge in [-0.25, -0.2) is 4.68 Å². The van der Waals surface area contributed by atoms with E-state index >= 15 is 0 Å². The summed E-state index contributed by atoms with van der Waals surface area (Å²) >= 11 is 0. The van der Waals surface area contributed by atoms with E-state index in [0.29, 0.717) is 11.3 Å². The Balaban J connectivity index is 1.92. The first kappa shape index (κ1) is 18.6. The number of halogens is 3. The van der Waals surface area contributed by atoms with Gasteiger partial charge in [-0.05, 0) is 62.4 Å². The topological polar surface area (TPSA) is 29.9 Å². The normalized spacial score (nSPS) is 14.3. The predicted octanol–water partition coefficient (Wildman–Crippen LogP) is 5.92. The van der Waals surface area contributed by atoms with E-state index in [9.17, 15) is 13.2 Å². The van der Waals surface area contributed by atoms with Gasteiger partial charge < -0.3 is 5.32 Å². The van der Waals surface area contributed by atoms with Gasteiger partial charge in [0.2, 0.25) is 0 Å². The van der Waals surface area contributed by atoms with Gasteiger partial charge in [0.05, 0.1) is 16.9 Å². The van der Waals surface area contributed by atoms with Gasteiger partial charge >= 0.3 is 6.18 Å². The number of rotatable bonds is 2. The van der Waals surface area contributed by atoms with Gasteiger partial charge in [-0.15, -0.1) is 0 Å². The monoisotopic (exact) mass is 385 g/mol. The lowest BCUT2D eigenvalue weighted by Crippen LogP contribution is -2.08. The Morgan fingerprint density at radius 2 is 1.82 bits per heavy atom. The Labute approximate surface area is 162 Å². The highest BCUT2D eigenvalue weighted by Gasteiger charge is 2.31. The first-order chi connectivity index (χ1) is 13.4. The molecule has 1 aliphatic rings. The summed E-state index contributed by atoms with van der Waals surface area (Å²) in [5, 5.41) is 8.24. The Morgan fingerprint density at radius 1 is 1.04 bits per heavy atom. The minimum Gasteiger partial charge on any atom is -0.370 e. The molecule has 2 heterocycles. The third-order valence-corrected chi connectivity index (χ3v) is 5.40. The van der Waals surface area contributed by atoms with E-state index in [1.165, 1.54) is 12.1 Å². The summed E-state index contributed by atoms with van der Waals surface area (Å²) in [6, 6.07) is 11.5. The maximum absolute atomic E-state index is 13.2. The number of nitrogens with one attached hydrogen (secondary N) is 1. The molecule has 28 heavy (non-hydrogen) atoms. The van der Waals surface area contributed by atoms with Crippen LogP contribution in [0.5, 0.6) is 0 Å². The van der Waals surface area contributed by atoms with Crippen LogP contribution in [0.15, 0.2) is 42.5 Å². The number of hydrogen-bond donors (Lipinski definition) is 1.